The number of benzene rings is 6. The summed E-state index contributed by atoms with van der Waals surface area (Å²) in [5, 5.41) is 0. The van der Waals surface area contributed by atoms with Gasteiger partial charge in [0.25, 0.3) is 0 Å². The van der Waals surface area contributed by atoms with Gasteiger partial charge in [0, 0.05) is 60.8 Å². The van der Waals surface area contributed by atoms with Gasteiger partial charge in [0.1, 0.15) is 18.0 Å². The van der Waals surface area contributed by atoms with Gasteiger partial charge in [-0.15, -0.1) is 0 Å². The number of sulfonamides is 1. The van der Waals surface area contributed by atoms with Crippen molar-refractivity contribution in [3.63, 3.8) is 0 Å². The summed E-state index contributed by atoms with van der Waals surface area (Å²) in [7, 11) is -2.33. The molecule has 14 heteroatoms. The van der Waals surface area contributed by atoms with Crippen LogP contribution >= 0.6 is 0 Å². The zero-order valence-electron chi connectivity index (χ0n) is 35.7. The third kappa shape index (κ3) is 11.5. The van der Waals surface area contributed by atoms with E-state index in [1.807, 2.05) is 67.6 Å². The van der Waals surface area contributed by atoms with Crippen molar-refractivity contribution in [2.45, 2.75) is 38.4 Å². The van der Waals surface area contributed by atoms with Crippen LogP contribution in [0.1, 0.15) is 49.5 Å². The number of hydrogen-bond donors (Lipinski definition) is 1. The van der Waals surface area contributed by atoms with E-state index in [-0.39, 0.29) is 62.0 Å². The van der Waals surface area contributed by atoms with Gasteiger partial charge in [-0.25, -0.2) is 21.9 Å². The van der Waals surface area contributed by atoms with Gasteiger partial charge >= 0.3 is 0 Å². The summed E-state index contributed by atoms with van der Waals surface area (Å²) >= 11 is -2.28. The van der Waals surface area contributed by atoms with Crippen molar-refractivity contribution in [1.82, 2.24) is 4.72 Å². The standard InChI is InChI=1S/C50H52F2N2O8S2/c1-3-25-60-28-24-53-64(57,58)30-11-27-62-50-46-32-37(44-33-38(51)34-47(52)48(44)59-2)19-23-43(46)42-22-18-36(31-45(42)49(50)61-26-10-29-63(55)56)35-16-20-41(21-17-35)54(39-12-6-4-7-13-39)40-14-8-5-9-15-40/h4-9,12-23,31-34,49-50,53H,3,10-11,24-30H2,1-2H3,(H,55,56)/p-1. The van der Waals surface area contributed by atoms with Gasteiger partial charge < -0.3 is 28.4 Å². The molecule has 6 aromatic carbocycles. The molecule has 1 aliphatic rings. The fourth-order valence-corrected chi connectivity index (χ4v) is 9.33. The van der Waals surface area contributed by atoms with Crippen LogP contribution in [0, 0.1) is 11.6 Å². The molecule has 1 aliphatic carbocycles. The number of para-hydroxylation sites is 2. The highest BCUT2D eigenvalue weighted by Gasteiger charge is 2.36. The van der Waals surface area contributed by atoms with E-state index in [4.69, 9.17) is 18.9 Å². The van der Waals surface area contributed by atoms with Crippen LogP contribution in [0.5, 0.6) is 5.75 Å². The highest BCUT2D eigenvalue weighted by Crippen LogP contribution is 2.51. The first-order chi connectivity index (χ1) is 31.1. The lowest BCUT2D eigenvalue weighted by molar-refractivity contribution is -0.0788. The van der Waals surface area contributed by atoms with Crippen LogP contribution in [0.15, 0.2) is 133 Å². The molecule has 0 fully saturated rings. The maximum atomic E-state index is 15.0. The first-order valence-corrected chi connectivity index (χ1v) is 24.1. The Kier molecular flexibility index (Phi) is 16.1. The Labute approximate surface area is 376 Å². The first-order valence-electron chi connectivity index (χ1n) is 21.2. The Morgan fingerprint density at radius 3 is 1.83 bits per heavy atom. The summed E-state index contributed by atoms with van der Waals surface area (Å²) in [5.41, 5.74) is 8.49. The van der Waals surface area contributed by atoms with Crippen molar-refractivity contribution < 1.29 is 44.9 Å². The van der Waals surface area contributed by atoms with Gasteiger partial charge in [0.05, 0.1) is 19.5 Å². The van der Waals surface area contributed by atoms with Crippen molar-refractivity contribution >= 4 is 38.2 Å². The molecule has 0 amide bonds. The molecule has 1 N–H and O–H groups in total. The number of ether oxygens (including phenoxy) is 4. The van der Waals surface area contributed by atoms with Gasteiger partial charge in [-0.2, -0.15) is 0 Å². The Hall–Kier alpha value is -5.32. The summed E-state index contributed by atoms with van der Waals surface area (Å²) < 4.78 is 105. The zero-order chi connectivity index (χ0) is 45.1. The number of hydrogen-bond acceptors (Lipinski definition) is 9. The number of nitrogens with one attached hydrogen (secondary N) is 1. The van der Waals surface area contributed by atoms with E-state index in [1.165, 1.54) is 13.2 Å². The van der Waals surface area contributed by atoms with Gasteiger partial charge in [0.2, 0.25) is 10.0 Å². The van der Waals surface area contributed by atoms with E-state index in [1.54, 1.807) is 12.1 Å². The van der Waals surface area contributed by atoms with Crippen molar-refractivity contribution in [2.24, 2.45) is 0 Å². The molecular formula is C50H51F2N2O8S2-. The fourth-order valence-electron chi connectivity index (χ4n) is 7.94. The van der Waals surface area contributed by atoms with Crippen LogP contribution in [0.4, 0.5) is 25.8 Å². The Bertz CT molecular complexity index is 2580. The molecule has 0 aromatic heterocycles. The topological polar surface area (TPSA) is 126 Å². The van der Waals surface area contributed by atoms with Gasteiger partial charge in [-0.1, -0.05) is 90.8 Å². The van der Waals surface area contributed by atoms with Crippen LogP contribution in [0.2, 0.25) is 0 Å². The van der Waals surface area contributed by atoms with Crippen LogP contribution < -0.4 is 14.4 Å². The summed E-state index contributed by atoms with van der Waals surface area (Å²) in [5.74, 6) is -2.08. The molecule has 10 nitrogen and oxygen atoms in total. The van der Waals surface area contributed by atoms with E-state index in [9.17, 15) is 21.6 Å². The Morgan fingerprint density at radius 2 is 1.23 bits per heavy atom. The van der Waals surface area contributed by atoms with E-state index in [0.29, 0.717) is 17.7 Å². The second-order valence-corrected chi connectivity index (χ2v) is 18.2. The molecule has 64 heavy (non-hydrogen) atoms. The number of rotatable bonds is 22. The normalized spacial score (nSPS) is 15.0. The largest absolute Gasteiger partial charge is 0.772 e. The van der Waals surface area contributed by atoms with E-state index in [0.717, 1.165) is 57.4 Å². The zero-order valence-corrected chi connectivity index (χ0v) is 37.3. The average Bonchev–Trinajstić information content (AvgIpc) is 3.30. The number of fused-ring (bicyclic) bond motifs is 3. The molecule has 0 aliphatic heterocycles. The molecule has 3 unspecified atom stereocenters. The summed E-state index contributed by atoms with van der Waals surface area (Å²) in [6.45, 7) is 3.01. The van der Waals surface area contributed by atoms with Crippen molar-refractivity contribution in [1.29, 1.82) is 0 Å². The van der Waals surface area contributed by atoms with Crippen LogP contribution in [-0.2, 0) is 35.3 Å². The SMILES string of the molecule is CCCOCCNS(=O)(=O)CCCOC1c2cc(-c3cc(F)cc(F)c3OC)ccc2-c2ccc(-c3ccc(N(c4ccccc4)c4ccccc4)cc3)cc2C1OCCCS(=O)[O-]. The first kappa shape index (κ1) is 46.7. The molecule has 0 bridgehead atoms. The van der Waals surface area contributed by atoms with Crippen LogP contribution in [0.3, 0.4) is 0 Å². The molecule has 7 rings (SSSR count). The number of nitrogens with zero attached hydrogens (tertiary/aromatic N) is 1. The third-order valence-corrected chi connectivity index (χ3v) is 12.9. The van der Waals surface area contributed by atoms with Crippen molar-refractivity contribution in [3.05, 3.63) is 156 Å². The molecule has 6 aromatic rings. The second-order valence-electron chi connectivity index (χ2n) is 15.2. The molecule has 3 atom stereocenters. The number of methoxy groups -OCH3 is 1. The summed E-state index contributed by atoms with van der Waals surface area (Å²) in [6.07, 6.45) is -0.448. The smallest absolute Gasteiger partial charge is 0.211 e. The van der Waals surface area contributed by atoms with Gasteiger partial charge in [-0.3, -0.25) is 4.21 Å². The Morgan fingerprint density at radius 1 is 0.672 bits per heavy atom. The average molecular weight is 910 g/mol. The van der Waals surface area contributed by atoms with E-state index in [2.05, 4.69) is 58.2 Å². The van der Waals surface area contributed by atoms with Crippen molar-refractivity contribution in [2.75, 3.05) is 56.5 Å². The van der Waals surface area contributed by atoms with Crippen LogP contribution in [-0.4, -0.2) is 68.8 Å². The fraction of sp³-hybridized carbons (Fsp3) is 0.280. The summed E-state index contributed by atoms with van der Waals surface area (Å²) in [6, 6.07) is 41.9. The van der Waals surface area contributed by atoms with E-state index >= 15 is 4.39 Å². The molecule has 336 valence electrons. The Balaban J connectivity index is 1.26. The monoisotopic (exact) mass is 909 g/mol. The minimum absolute atomic E-state index is 0.0136. The van der Waals surface area contributed by atoms with E-state index < -0.39 is 44.9 Å². The van der Waals surface area contributed by atoms with Crippen LogP contribution in [0.25, 0.3) is 33.4 Å². The minimum atomic E-state index is -3.64. The molecule has 0 heterocycles. The quantitative estimate of drug-likeness (QED) is 0.0523. The molecular weight excluding hydrogens is 859 g/mol. The van der Waals surface area contributed by atoms with Gasteiger partial charge in [0.15, 0.2) is 11.6 Å². The molecule has 0 saturated carbocycles. The highest BCUT2D eigenvalue weighted by molar-refractivity contribution is 7.89. The van der Waals surface area contributed by atoms with Gasteiger partial charge in [-0.05, 0) is 113 Å². The number of halogens is 2. The lowest BCUT2D eigenvalue weighted by Gasteiger charge is -2.36. The van der Waals surface area contributed by atoms with Crippen molar-refractivity contribution in [3.8, 4) is 39.1 Å². The molecule has 0 saturated heterocycles. The maximum absolute atomic E-state index is 15.0. The maximum Gasteiger partial charge on any atom is 0.211 e. The molecule has 0 radical (unpaired) electrons. The highest BCUT2D eigenvalue weighted by atomic mass is 32.2. The minimum Gasteiger partial charge on any atom is -0.772 e. The lowest BCUT2D eigenvalue weighted by atomic mass is 9.79. The summed E-state index contributed by atoms with van der Waals surface area (Å²) in [4.78, 5) is 2.18. The second kappa shape index (κ2) is 22.0. The predicted octanol–water partition coefficient (Wildman–Crippen LogP) is 10.6. The number of anilines is 3. The third-order valence-electron chi connectivity index (χ3n) is 10.8. The molecule has 0 spiro atoms. The lowest BCUT2D eigenvalue weighted by Crippen LogP contribution is -2.30. The predicted molar refractivity (Wildman–Crippen MR) is 247 cm³/mol.